The van der Waals surface area contributed by atoms with Gasteiger partial charge in [-0.05, 0) is 72.7 Å². The molecule has 1 fully saturated rings. The second-order valence-electron chi connectivity index (χ2n) is 8.84. The Balaban J connectivity index is 1.73. The van der Waals surface area contributed by atoms with E-state index in [4.69, 9.17) is 0 Å². The molecule has 0 radical (unpaired) electrons. The van der Waals surface area contributed by atoms with Crippen LogP contribution < -0.4 is 4.90 Å². The van der Waals surface area contributed by atoms with E-state index in [0.29, 0.717) is 5.56 Å². The van der Waals surface area contributed by atoms with Crippen molar-refractivity contribution in [3.8, 4) is 5.75 Å². The van der Waals surface area contributed by atoms with E-state index < -0.39 is 45.7 Å². The third-order valence-corrected chi connectivity index (χ3v) is 6.66. The van der Waals surface area contributed by atoms with Crippen LogP contribution >= 0.6 is 0 Å². The second kappa shape index (κ2) is 8.92. The summed E-state index contributed by atoms with van der Waals surface area (Å²) >= 11 is 0. The fraction of sp³-hybridized carbons (Fsp3) is 0.185. The molecule has 3 aromatic rings. The SMILES string of the molecule is O=C1C(=O)N(c2cccc(F)c2)C(c2ccc(O)c([N+](=O)[O-])c2)/C1=C(\O)c1ccc2c(c1)CCCC2. The molecule has 36 heavy (non-hydrogen) atoms. The molecule has 5 rings (SSSR count). The van der Waals surface area contributed by atoms with Gasteiger partial charge in [0.05, 0.1) is 16.5 Å². The maximum absolute atomic E-state index is 14.1. The average Bonchev–Trinajstić information content (AvgIpc) is 3.13. The predicted octanol–water partition coefficient (Wildman–Crippen LogP) is 4.94. The Labute approximate surface area is 205 Å². The number of ketones is 1. The lowest BCUT2D eigenvalue weighted by molar-refractivity contribution is -0.385. The molecule has 182 valence electrons. The van der Waals surface area contributed by atoms with Gasteiger partial charge in [-0.1, -0.05) is 24.3 Å². The van der Waals surface area contributed by atoms with E-state index in [0.717, 1.165) is 59.9 Å². The molecule has 0 aromatic heterocycles. The second-order valence-corrected chi connectivity index (χ2v) is 8.84. The first-order chi connectivity index (χ1) is 17.3. The third kappa shape index (κ3) is 3.88. The number of amides is 1. The van der Waals surface area contributed by atoms with Crippen molar-refractivity contribution < 1.29 is 29.1 Å². The number of hydrogen-bond donors (Lipinski definition) is 2. The van der Waals surface area contributed by atoms with E-state index in [-0.39, 0.29) is 16.8 Å². The minimum atomic E-state index is -1.29. The number of aliphatic hydroxyl groups is 1. The van der Waals surface area contributed by atoms with Crippen LogP contribution in [0.3, 0.4) is 0 Å². The molecule has 1 heterocycles. The quantitative estimate of drug-likeness (QED) is 0.176. The van der Waals surface area contributed by atoms with Crippen LogP contribution in [0.5, 0.6) is 5.75 Å². The van der Waals surface area contributed by atoms with Crippen molar-refractivity contribution in [1.29, 1.82) is 0 Å². The summed E-state index contributed by atoms with van der Waals surface area (Å²) in [7, 11) is 0. The predicted molar refractivity (Wildman–Crippen MR) is 129 cm³/mol. The van der Waals surface area contributed by atoms with Gasteiger partial charge in [-0.2, -0.15) is 0 Å². The van der Waals surface area contributed by atoms with Gasteiger partial charge in [-0.15, -0.1) is 0 Å². The Kier molecular flexibility index (Phi) is 5.75. The normalized spacial score (nSPS) is 18.8. The Hall–Kier alpha value is -4.53. The molecule has 1 atom stereocenters. The molecule has 2 aliphatic rings. The number of aromatic hydroxyl groups is 1. The van der Waals surface area contributed by atoms with Crippen LogP contribution in [-0.2, 0) is 22.4 Å². The minimum Gasteiger partial charge on any atom is -0.507 e. The van der Waals surface area contributed by atoms with Gasteiger partial charge in [-0.25, -0.2) is 4.39 Å². The largest absolute Gasteiger partial charge is 0.507 e. The highest BCUT2D eigenvalue weighted by Crippen LogP contribution is 2.44. The molecule has 0 spiro atoms. The Morgan fingerprint density at radius 3 is 2.47 bits per heavy atom. The van der Waals surface area contributed by atoms with Crippen molar-refractivity contribution >= 4 is 28.8 Å². The summed E-state index contributed by atoms with van der Waals surface area (Å²) in [5.74, 6) is -3.70. The standard InChI is InChI=1S/C27H21FN2O6/c28-19-6-3-7-20(14-19)29-24(17-10-11-22(31)21(13-17)30(35)36)23(26(33)27(29)34)25(32)18-9-8-15-4-1-2-5-16(15)12-18/h3,6-14,24,31-32H,1-2,4-5H2/b25-23+. The van der Waals surface area contributed by atoms with E-state index in [1.165, 1.54) is 24.3 Å². The van der Waals surface area contributed by atoms with Gasteiger partial charge in [0.2, 0.25) is 0 Å². The van der Waals surface area contributed by atoms with Crippen molar-refractivity contribution in [3.63, 3.8) is 0 Å². The molecule has 1 unspecified atom stereocenters. The fourth-order valence-electron chi connectivity index (χ4n) is 4.93. The van der Waals surface area contributed by atoms with Crippen LogP contribution in [0.25, 0.3) is 5.76 Å². The maximum atomic E-state index is 14.1. The molecule has 1 saturated heterocycles. The first-order valence-electron chi connectivity index (χ1n) is 11.4. The van der Waals surface area contributed by atoms with E-state index in [9.17, 15) is 34.3 Å². The van der Waals surface area contributed by atoms with Crippen molar-refractivity contribution in [1.82, 2.24) is 0 Å². The topological polar surface area (TPSA) is 121 Å². The third-order valence-electron chi connectivity index (χ3n) is 6.66. The summed E-state index contributed by atoms with van der Waals surface area (Å²) < 4.78 is 14.1. The fourth-order valence-corrected chi connectivity index (χ4v) is 4.93. The molecule has 9 heteroatoms. The number of carbonyl (C=O) groups is 2. The lowest BCUT2D eigenvalue weighted by Crippen LogP contribution is -2.29. The highest BCUT2D eigenvalue weighted by Gasteiger charge is 2.47. The van der Waals surface area contributed by atoms with Gasteiger partial charge in [0.15, 0.2) is 5.75 Å². The van der Waals surface area contributed by atoms with Crippen molar-refractivity contribution in [2.45, 2.75) is 31.7 Å². The molecule has 0 bridgehead atoms. The number of fused-ring (bicyclic) bond motifs is 1. The van der Waals surface area contributed by atoms with Gasteiger partial charge in [0, 0.05) is 17.3 Å². The summed E-state index contributed by atoms with van der Waals surface area (Å²) in [5.41, 5.74) is 1.77. The summed E-state index contributed by atoms with van der Waals surface area (Å²) in [4.78, 5) is 38.1. The number of carbonyl (C=O) groups excluding carboxylic acids is 2. The van der Waals surface area contributed by atoms with Crippen LogP contribution in [0.15, 0.2) is 66.2 Å². The van der Waals surface area contributed by atoms with Gasteiger partial charge >= 0.3 is 5.69 Å². The smallest absolute Gasteiger partial charge is 0.311 e. The number of nitro benzene ring substituents is 1. The summed E-state index contributed by atoms with van der Waals surface area (Å²) in [5, 5.41) is 32.7. The van der Waals surface area contributed by atoms with E-state index in [1.807, 2.05) is 6.07 Å². The van der Waals surface area contributed by atoms with Gasteiger partial charge in [0.1, 0.15) is 11.6 Å². The number of Topliss-reactive ketones (excluding diaryl/α,β-unsaturated/α-hetero) is 1. The summed E-state index contributed by atoms with van der Waals surface area (Å²) in [6.45, 7) is 0. The molecule has 1 aliphatic carbocycles. The number of anilines is 1. The van der Waals surface area contributed by atoms with E-state index in [2.05, 4.69) is 0 Å². The Morgan fingerprint density at radius 2 is 1.75 bits per heavy atom. The monoisotopic (exact) mass is 488 g/mol. The molecule has 8 nitrogen and oxygen atoms in total. The molecule has 0 saturated carbocycles. The van der Waals surface area contributed by atoms with E-state index in [1.54, 1.807) is 12.1 Å². The van der Waals surface area contributed by atoms with Crippen molar-refractivity contribution in [3.05, 3.63) is 104 Å². The molecule has 2 N–H and O–H groups in total. The maximum Gasteiger partial charge on any atom is 0.311 e. The van der Waals surface area contributed by atoms with E-state index >= 15 is 0 Å². The number of halogens is 1. The summed E-state index contributed by atoms with van der Waals surface area (Å²) in [6.07, 6.45) is 3.80. The number of aryl methyl sites for hydroxylation is 2. The Bertz CT molecular complexity index is 1460. The minimum absolute atomic E-state index is 0.0438. The van der Waals surface area contributed by atoms with Crippen molar-refractivity contribution in [2.24, 2.45) is 0 Å². The summed E-state index contributed by atoms with van der Waals surface area (Å²) in [6, 6.07) is 12.5. The number of nitro groups is 1. The first kappa shape index (κ1) is 23.2. The lowest BCUT2D eigenvalue weighted by Gasteiger charge is -2.25. The van der Waals surface area contributed by atoms with Crippen LogP contribution in [0.4, 0.5) is 15.8 Å². The lowest BCUT2D eigenvalue weighted by atomic mass is 9.88. The zero-order chi connectivity index (χ0) is 25.6. The zero-order valence-corrected chi connectivity index (χ0v) is 19.0. The highest BCUT2D eigenvalue weighted by molar-refractivity contribution is 6.51. The zero-order valence-electron chi connectivity index (χ0n) is 19.0. The number of nitrogens with zero attached hydrogens (tertiary/aromatic N) is 2. The highest BCUT2D eigenvalue weighted by atomic mass is 19.1. The Morgan fingerprint density at radius 1 is 1.00 bits per heavy atom. The van der Waals surface area contributed by atoms with Gasteiger partial charge in [0.25, 0.3) is 11.7 Å². The van der Waals surface area contributed by atoms with Crippen LogP contribution in [0, 0.1) is 15.9 Å². The first-order valence-corrected chi connectivity index (χ1v) is 11.4. The molecule has 3 aromatic carbocycles. The number of benzene rings is 3. The van der Waals surface area contributed by atoms with Crippen molar-refractivity contribution in [2.75, 3.05) is 4.90 Å². The van der Waals surface area contributed by atoms with Gasteiger partial charge < -0.3 is 10.2 Å². The number of rotatable bonds is 4. The number of hydrogen-bond acceptors (Lipinski definition) is 6. The molecular formula is C27H21FN2O6. The molecule has 1 amide bonds. The number of aliphatic hydroxyl groups excluding tert-OH is 1. The van der Waals surface area contributed by atoms with Crippen LogP contribution in [0.2, 0.25) is 0 Å². The molecular weight excluding hydrogens is 467 g/mol. The average molecular weight is 488 g/mol. The number of phenolic OH excluding ortho intramolecular Hbond substituents is 1. The van der Waals surface area contributed by atoms with Crippen LogP contribution in [0.1, 0.15) is 41.1 Å². The molecule has 1 aliphatic heterocycles. The number of phenols is 1. The van der Waals surface area contributed by atoms with Gasteiger partial charge in [-0.3, -0.25) is 24.6 Å². The van der Waals surface area contributed by atoms with Crippen LogP contribution in [-0.4, -0.2) is 26.8 Å².